The van der Waals surface area contributed by atoms with Gasteiger partial charge in [0.1, 0.15) is 0 Å². The van der Waals surface area contributed by atoms with Crippen LogP contribution in [0.3, 0.4) is 0 Å². The van der Waals surface area contributed by atoms with Crippen LogP contribution >= 0.6 is 0 Å². The molecular formula is C9H20N2O3S. The number of aliphatic hydroxyl groups excluding tert-OH is 1. The van der Waals surface area contributed by atoms with Crippen molar-refractivity contribution < 1.29 is 13.5 Å². The molecule has 1 atom stereocenters. The van der Waals surface area contributed by atoms with E-state index in [0.717, 1.165) is 12.8 Å². The molecule has 2 N–H and O–H groups in total. The first-order valence-electron chi connectivity index (χ1n) is 5.42. The van der Waals surface area contributed by atoms with Gasteiger partial charge in [-0.15, -0.1) is 0 Å². The van der Waals surface area contributed by atoms with Crippen LogP contribution in [0.5, 0.6) is 0 Å². The summed E-state index contributed by atoms with van der Waals surface area (Å²) in [6, 6.07) is 0. The highest BCUT2D eigenvalue weighted by Gasteiger charge is 2.24. The molecule has 1 fully saturated rings. The molecule has 0 amide bonds. The van der Waals surface area contributed by atoms with Crippen molar-refractivity contribution in [3.63, 3.8) is 0 Å². The van der Waals surface area contributed by atoms with E-state index in [1.165, 1.54) is 4.31 Å². The molecule has 0 aromatic rings. The van der Waals surface area contributed by atoms with Crippen molar-refractivity contribution in [1.29, 1.82) is 0 Å². The summed E-state index contributed by atoms with van der Waals surface area (Å²) in [6.07, 6.45) is 2.53. The van der Waals surface area contributed by atoms with Crippen LogP contribution in [0.4, 0.5) is 0 Å². The third-order valence-electron chi connectivity index (χ3n) is 2.64. The Morgan fingerprint density at radius 1 is 1.40 bits per heavy atom. The third kappa shape index (κ3) is 4.06. The van der Waals surface area contributed by atoms with Crippen LogP contribution in [-0.4, -0.2) is 44.1 Å². The fourth-order valence-electron chi connectivity index (χ4n) is 1.59. The first-order chi connectivity index (χ1) is 7.06. The molecule has 0 saturated carbocycles. The smallest absolute Gasteiger partial charge is 0.279 e. The lowest BCUT2D eigenvalue weighted by Crippen LogP contribution is -2.40. The summed E-state index contributed by atoms with van der Waals surface area (Å²) in [5, 5.41) is 8.69. The van der Waals surface area contributed by atoms with Crippen LogP contribution in [-0.2, 0) is 10.2 Å². The van der Waals surface area contributed by atoms with E-state index in [9.17, 15) is 8.42 Å². The van der Waals surface area contributed by atoms with Crippen molar-refractivity contribution in [1.82, 2.24) is 9.03 Å². The fraction of sp³-hybridized carbons (Fsp3) is 1.00. The topological polar surface area (TPSA) is 69.6 Å². The molecule has 0 bridgehead atoms. The lowest BCUT2D eigenvalue weighted by atomic mass is 10.1. The van der Waals surface area contributed by atoms with Crippen LogP contribution in [0.2, 0.25) is 0 Å². The Hall–Kier alpha value is -0.170. The third-order valence-corrected chi connectivity index (χ3v) is 4.22. The minimum Gasteiger partial charge on any atom is -0.396 e. The summed E-state index contributed by atoms with van der Waals surface area (Å²) in [4.78, 5) is 0. The standard InChI is InChI=1S/C9H20N2O3S/c1-9(4-7-12)8-10-15(13,14)11-5-2-3-6-11/h9-10,12H,2-8H2,1H3. The molecule has 5 nitrogen and oxygen atoms in total. The number of aliphatic hydroxyl groups is 1. The maximum atomic E-state index is 11.7. The van der Waals surface area contributed by atoms with Gasteiger partial charge in [0.15, 0.2) is 0 Å². The van der Waals surface area contributed by atoms with Gasteiger partial charge in [0, 0.05) is 26.2 Å². The van der Waals surface area contributed by atoms with Crippen molar-refractivity contribution in [2.75, 3.05) is 26.2 Å². The Bertz CT molecular complexity index is 273. The quantitative estimate of drug-likeness (QED) is 0.678. The van der Waals surface area contributed by atoms with E-state index in [1.54, 1.807) is 0 Å². The lowest BCUT2D eigenvalue weighted by molar-refractivity contribution is 0.262. The Morgan fingerprint density at radius 3 is 2.53 bits per heavy atom. The van der Waals surface area contributed by atoms with E-state index in [-0.39, 0.29) is 12.5 Å². The van der Waals surface area contributed by atoms with E-state index in [0.29, 0.717) is 26.1 Å². The van der Waals surface area contributed by atoms with Crippen LogP contribution in [0.1, 0.15) is 26.2 Å². The Morgan fingerprint density at radius 2 is 2.00 bits per heavy atom. The SMILES string of the molecule is CC(CCO)CNS(=O)(=O)N1CCCC1. The molecule has 1 aliphatic rings. The molecule has 15 heavy (non-hydrogen) atoms. The second-order valence-electron chi connectivity index (χ2n) is 4.08. The Labute approximate surface area is 91.7 Å². The highest BCUT2D eigenvalue weighted by molar-refractivity contribution is 7.87. The minimum atomic E-state index is -3.27. The van der Waals surface area contributed by atoms with Crippen molar-refractivity contribution in [2.24, 2.45) is 5.92 Å². The summed E-state index contributed by atoms with van der Waals surface area (Å²) in [6.45, 7) is 3.68. The number of hydrogen-bond acceptors (Lipinski definition) is 3. The fourth-order valence-corrected chi connectivity index (χ4v) is 3.01. The molecule has 90 valence electrons. The number of nitrogens with one attached hydrogen (secondary N) is 1. The molecule has 0 aliphatic carbocycles. The molecule has 0 radical (unpaired) electrons. The monoisotopic (exact) mass is 236 g/mol. The molecule has 0 aromatic heterocycles. The van der Waals surface area contributed by atoms with Crippen LogP contribution < -0.4 is 4.72 Å². The summed E-state index contributed by atoms with van der Waals surface area (Å²) in [7, 11) is -3.27. The van der Waals surface area contributed by atoms with E-state index in [4.69, 9.17) is 5.11 Å². The predicted octanol–water partition coefficient (Wildman–Crippen LogP) is -0.0649. The largest absolute Gasteiger partial charge is 0.396 e. The predicted molar refractivity (Wildman–Crippen MR) is 58.6 cm³/mol. The van der Waals surface area contributed by atoms with Gasteiger partial charge >= 0.3 is 0 Å². The summed E-state index contributed by atoms with van der Waals surface area (Å²) < 4.78 is 27.4. The first kappa shape index (κ1) is 12.9. The second-order valence-corrected chi connectivity index (χ2v) is 5.83. The molecule has 1 saturated heterocycles. The van der Waals surface area contributed by atoms with Gasteiger partial charge < -0.3 is 5.11 Å². The van der Waals surface area contributed by atoms with Crippen molar-refractivity contribution in [3.8, 4) is 0 Å². The van der Waals surface area contributed by atoms with Crippen LogP contribution in [0, 0.1) is 5.92 Å². The van der Waals surface area contributed by atoms with Gasteiger partial charge in [-0.05, 0) is 25.2 Å². The zero-order chi connectivity index (χ0) is 11.3. The molecule has 1 rings (SSSR count). The molecule has 0 aromatic carbocycles. The van der Waals surface area contributed by atoms with Crippen LogP contribution in [0.25, 0.3) is 0 Å². The molecule has 6 heteroatoms. The molecule has 1 aliphatic heterocycles. The van der Waals surface area contributed by atoms with E-state index in [2.05, 4.69) is 4.72 Å². The highest BCUT2D eigenvalue weighted by Crippen LogP contribution is 2.11. The van der Waals surface area contributed by atoms with Crippen molar-refractivity contribution in [2.45, 2.75) is 26.2 Å². The molecular weight excluding hydrogens is 216 g/mol. The minimum absolute atomic E-state index is 0.104. The van der Waals surface area contributed by atoms with Crippen LogP contribution in [0.15, 0.2) is 0 Å². The zero-order valence-electron chi connectivity index (χ0n) is 9.15. The average Bonchev–Trinajstić information content (AvgIpc) is 2.69. The van der Waals surface area contributed by atoms with E-state index >= 15 is 0 Å². The molecule has 1 unspecified atom stereocenters. The Kier molecular flexibility index (Phi) is 4.98. The van der Waals surface area contributed by atoms with Gasteiger partial charge in [0.2, 0.25) is 0 Å². The number of nitrogens with zero attached hydrogens (tertiary/aromatic N) is 1. The summed E-state index contributed by atoms with van der Waals surface area (Å²) >= 11 is 0. The summed E-state index contributed by atoms with van der Waals surface area (Å²) in [5.41, 5.74) is 0. The maximum absolute atomic E-state index is 11.7. The Balaban J connectivity index is 2.35. The van der Waals surface area contributed by atoms with Gasteiger partial charge in [-0.25, -0.2) is 4.72 Å². The van der Waals surface area contributed by atoms with Gasteiger partial charge in [0.25, 0.3) is 10.2 Å². The van der Waals surface area contributed by atoms with Gasteiger partial charge in [-0.3, -0.25) is 0 Å². The van der Waals surface area contributed by atoms with Crippen molar-refractivity contribution in [3.05, 3.63) is 0 Å². The van der Waals surface area contributed by atoms with Gasteiger partial charge in [0.05, 0.1) is 0 Å². The second kappa shape index (κ2) is 5.79. The highest BCUT2D eigenvalue weighted by atomic mass is 32.2. The van der Waals surface area contributed by atoms with Crippen molar-refractivity contribution >= 4 is 10.2 Å². The summed E-state index contributed by atoms with van der Waals surface area (Å²) in [5.74, 6) is 0.173. The number of rotatable bonds is 6. The van der Waals surface area contributed by atoms with E-state index in [1.807, 2.05) is 6.92 Å². The average molecular weight is 236 g/mol. The van der Waals surface area contributed by atoms with Gasteiger partial charge in [-0.2, -0.15) is 12.7 Å². The van der Waals surface area contributed by atoms with Gasteiger partial charge in [-0.1, -0.05) is 6.92 Å². The maximum Gasteiger partial charge on any atom is 0.279 e. The van der Waals surface area contributed by atoms with E-state index < -0.39 is 10.2 Å². The first-order valence-corrected chi connectivity index (χ1v) is 6.86. The number of hydrogen-bond donors (Lipinski definition) is 2. The molecule has 1 heterocycles. The molecule has 0 spiro atoms. The lowest BCUT2D eigenvalue weighted by Gasteiger charge is -2.18. The zero-order valence-corrected chi connectivity index (χ0v) is 9.96. The normalized spacial score (nSPS) is 20.7.